The Morgan fingerprint density at radius 1 is 1.33 bits per heavy atom. The van der Waals surface area contributed by atoms with Crippen LogP contribution in [0.1, 0.15) is 37.0 Å². The molecule has 2 heterocycles. The van der Waals surface area contributed by atoms with Crippen LogP contribution in [0.2, 0.25) is 0 Å². The van der Waals surface area contributed by atoms with Gasteiger partial charge in [0.1, 0.15) is 23.5 Å². The minimum atomic E-state index is 0.129. The van der Waals surface area contributed by atoms with Crippen molar-refractivity contribution in [1.82, 2.24) is 20.1 Å². The molecular formula is C16H20N4O. The molecule has 0 aliphatic carbocycles. The van der Waals surface area contributed by atoms with Gasteiger partial charge < -0.3 is 9.73 Å². The topological polar surface area (TPSA) is 55.9 Å². The Morgan fingerprint density at radius 2 is 2.14 bits per heavy atom. The standard InChI is InChI=1S/C16H20N4O/c1-4-12-13-7-5-6-8-14(13)21-16(12)11(2)17-9-15-18-10-19-20(15)3/h5-8,10-11,17H,4,9H2,1-3H3/t11-/m0/s1. The van der Waals surface area contributed by atoms with E-state index in [0.717, 1.165) is 23.6 Å². The third kappa shape index (κ3) is 2.56. The van der Waals surface area contributed by atoms with Crippen molar-refractivity contribution in [2.24, 2.45) is 7.05 Å². The van der Waals surface area contributed by atoms with Crippen LogP contribution in [-0.2, 0) is 20.0 Å². The quantitative estimate of drug-likeness (QED) is 0.782. The lowest BCUT2D eigenvalue weighted by molar-refractivity contribution is 0.438. The molecule has 3 rings (SSSR count). The summed E-state index contributed by atoms with van der Waals surface area (Å²) in [4.78, 5) is 4.23. The van der Waals surface area contributed by atoms with Crippen LogP contribution in [0.5, 0.6) is 0 Å². The maximum atomic E-state index is 6.05. The van der Waals surface area contributed by atoms with Gasteiger partial charge in [-0.15, -0.1) is 0 Å². The van der Waals surface area contributed by atoms with Crippen molar-refractivity contribution in [3.8, 4) is 0 Å². The highest BCUT2D eigenvalue weighted by Gasteiger charge is 2.18. The van der Waals surface area contributed by atoms with Gasteiger partial charge in [0, 0.05) is 18.0 Å². The summed E-state index contributed by atoms with van der Waals surface area (Å²) in [5, 5.41) is 8.75. The summed E-state index contributed by atoms with van der Waals surface area (Å²) in [5.41, 5.74) is 2.24. The van der Waals surface area contributed by atoms with Crippen molar-refractivity contribution in [2.45, 2.75) is 32.9 Å². The average molecular weight is 284 g/mol. The largest absolute Gasteiger partial charge is 0.459 e. The van der Waals surface area contributed by atoms with E-state index in [0.29, 0.717) is 6.54 Å². The second-order valence-corrected chi connectivity index (χ2v) is 5.20. The number of fused-ring (bicyclic) bond motifs is 1. The zero-order valence-electron chi connectivity index (χ0n) is 12.6. The molecule has 0 bridgehead atoms. The normalized spacial score (nSPS) is 12.9. The first-order valence-corrected chi connectivity index (χ1v) is 7.27. The van der Waals surface area contributed by atoms with Gasteiger partial charge >= 0.3 is 0 Å². The maximum Gasteiger partial charge on any atom is 0.140 e. The molecule has 0 unspecified atom stereocenters. The zero-order valence-corrected chi connectivity index (χ0v) is 12.6. The number of benzene rings is 1. The summed E-state index contributed by atoms with van der Waals surface area (Å²) < 4.78 is 7.82. The van der Waals surface area contributed by atoms with Crippen molar-refractivity contribution >= 4 is 11.0 Å². The van der Waals surface area contributed by atoms with Gasteiger partial charge in [0.2, 0.25) is 0 Å². The van der Waals surface area contributed by atoms with E-state index >= 15 is 0 Å². The Bertz CT molecular complexity index is 744. The van der Waals surface area contributed by atoms with Crippen LogP contribution >= 0.6 is 0 Å². The molecule has 1 N–H and O–H groups in total. The van der Waals surface area contributed by atoms with E-state index in [1.165, 1.54) is 10.9 Å². The number of hydrogen-bond acceptors (Lipinski definition) is 4. The van der Waals surface area contributed by atoms with E-state index in [9.17, 15) is 0 Å². The first kappa shape index (κ1) is 13.8. The number of para-hydroxylation sites is 1. The highest BCUT2D eigenvalue weighted by molar-refractivity contribution is 5.82. The summed E-state index contributed by atoms with van der Waals surface area (Å²) in [6.45, 7) is 4.95. The minimum absolute atomic E-state index is 0.129. The van der Waals surface area contributed by atoms with E-state index in [1.807, 2.05) is 19.2 Å². The molecule has 110 valence electrons. The molecule has 0 saturated carbocycles. The zero-order chi connectivity index (χ0) is 14.8. The van der Waals surface area contributed by atoms with Crippen LogP contribution in [0.25, 0.3) is 11.0 Å². The molecule has 5 nitrogen and oxygen atoms in total. The first-order valence-electron chi connectivity index (χ1n) is 7.27. The number of aryl methyl sites for hydroxylation is 2. The summed E-state index contributed by atoms with van der Waals surface area (Å²) in [5.74, 6) is 1.93. The van der Waals surface area contributed by atoms with Crippen molar-refractivity contribution < 1.29 is 4.42 Å². The number of aromatic nitrogens is 3. The second kappa shape index (κ2) is 5.69. The fourth-order valence-electron chi connectivity index (χ4n) is 2.65. The van der Waals surface area contributed by atoms with E-state index < -0.39 is 0 Å². The van der Waals surface area contributed by atoms with Gasteiger partial charge in [-0.2, -0.15) is 5.10 Å². The van der Waals surface area contributed by atoms with Crippen molar-refractivity contribution in [1.29, 1.82) is 0 Å². The first-order chi connectivity index (χ1) is 10.2. The minimum Gasteiger partial charge on any atom is -0.459 e. The average Bonchev–Trinajstić information content (AvgIpc) is 3.07. The smallest absolute Gasteiger partial charge is 0.140 e. The van der Waals surface area contributed by atoms with Crippen molar-refractivity contribution in [2.75, 3.05) is 0 Å². The SMILES string of the molecule is CCc1c([C@H](C)NCc2ncnn2C)oc2ccccc12. The fraction of sp³-hybridized carbons (Fsp3) is 0.375. The predicted octanol–water partition coefficient (Wildman–Crippen LogP) is 2.97. The number of rotatable bonds is 5. The highest BCUT2D eigenvalue weighted by atomic mass is 16.3. The number of nitrogens with zero attached hydrogens (tertiary/aromatic N) is 3. The van der Waals surface area contributed by atoms with E-state index in [4.69, 9.17) is 4.42 Å². The molecule has 0 aliphatic rings. The third-order valence-corrected chi connectivity index (χ3v) is 3.85. The van der Waals surface area contributed by atoms with Crippen LogP contribution in [0, 0.1) is 0 Å². The van der Waals surface area contributed by atoms with Crippen LogP contribution < -0.4 is 5.32 Å². The Morgan fingerprint density at radius 3 is 2.86 bits per heavy atom. The van der Waals surface area contributed by atoms with Crippen LogP contribution in [-0.4, -0.2) is 14.8 Å². The van der Waals surface area contributed by atoms with Crippen molar-refractivity contribution in [3.05, 3.63) is 47.7 Å². The lowest BCUT2D eigenvalue weighted by atomic mass is 10.1. The number of furan rings is 1. The number of nitrogens with one attached hydrogen (secondary N) is 1. The fourth-order valence-corrected chi connectivity index (χ4v) is 2.65. The number of hydrogen-bond donors (Lipinski definition) is 1. The van der Waals surface area contributed by atoms with E-state index in [1.54, 1.807) is 11.0 Å². The van der Waals surface area contributed by atoms with E-state index in [2.05, 4.69) is 41.4 Å². The van der Waals surface area contributed by atoms with Gasteiger partial charge in [0.15, 0.2) is 0 Å². The Balaban J connectivity index is 1.84. The summed E-state index contributed by atoms with van der Waals surface area (Å²) in [6.07, 6.45) is 2.53. The molecule has 1 aromatic carbocycles. The molecule has 1 atom stereocenters. The monoisotopic (exact) mass is 284 g/mol. The molecule has 0 spiro atoms. The van der Waals surface area contributed by atoms with Gasteiger partial charge in [-0.1, -0.05) is 25.1 Å². The summed E-state index contributed by atoms with van der Waals surface area (Å²) >= 11 is 0. The Labute approximate surface area is 124 Å². The van der Waals surface area contributed by atoms with E-state index in [-0.39, 0.29) is 6.04 Å². The lowest BCUT2D eigenvalue weighted by Crippen LogP contribution is -2.20. The Hall–Kier alpha value is -2.14. The summed E-state index contributed by atoms with van der Waals surface area (Å²) in [7, 11) is 1.90. The van der Waals surface area contributed by atoms with Crippen LogP contribution in [0.3, 0.4) is 0 Å². The molecule has 0 radical (unpaired) electrons. The summed E-state index contributed by atoms with van der Waals surface area (Å²) in [6, 6.07) is 8.33. The third-order valence-electron chi connectivity index (χ3n) is 3.85. The molecule has 0 fully saturated rings. The molecule has 0 aliphatic heterocycles. The van der Waals surface area contributed by atoms with Crippen LogP contribution in [0.4, 0.5) is 0 Å². The maximum absolute atomic E-state index is 6.05. The lowest BCUT2D eigenvalue weighted by Gasteiger charge is -2.12. The molecule has 3 aromatic rings. The van der Waals surface area contributed by atoms with Crippen molar-refractivity contribution in [3.63, 3.8) is 0 Å². The molecule has 2 aromatic heterocycles. The van der Waals surface area contributed by atoms with Crippen LogP contribution in [0.15, 0.2) is 35.0 Å². The molecule has 21 heavy (non-hydrogen) atoms. The van der Waals surface area contributed by atoms with Gasteiger partial charge in [0.25, 0.3) is 0 Å². The molecule has 0 amide bonds. The Kier molecular flexibility index (Phi) is 3.75. The van der Waals surface area contributed by atoms with Gasteiger partial charge in [-0.25, -0.2) is 4.98 Å². The van der Waals surface area contributed by atoms with Gasteiger partial charge in [0.05, 0.1) is 12.6 Å². The van der Waals surface area contributed by atoms with Gasteiger partial charge in [-0.05, 0) is 19.4 Å². The second-order valence-electron chi connectivity index (χ2n) is 5.20. The highest BCUT2D eigenvalue weighted by Crippen LogP contribution is 2.30. The predicted molar refractivity (Wildman–Crippen MR) is 81.8 cm³/mol. The van der Waals surface area contributed by atoms with Gasteiger partial charge in [-0.3, -0.25) is 4.68 Å². The molecule has 0 saturated heterocycles. The molecule has 5 heteroatoms. The molecular weight excluding hydrogens is 264 g/mol.